The van der Waals surface area contributed by atoms with Gasteiger partial charge in [-0.1, -0.05) is 0 Å². The minimum Gasteiger partial charge on any atom is -0.496 e. The number of anilines is 1. The molecule has 0 aliphatic carbocycles. The zero-order valence-electron chi connectivity index (χ0n) is 9.34. The SMILES string of the molecule is COc1ccc(S(=O)(=O)Nc2ncc[nH]2)cc1Br. The zero-order chi connectivity index (χ0) is 13.2. The summed E-state index contributed by atoms with van der Waals surface area (Å²) in [6.45, 7) is 0. The number of rotatable bonds is 4. The molecule has 2 aromatic rings. The largest absolute Gasteiger partial charge is 0.496 e. The van der Waals surface area contributed by atoms with Crippen LogP contribution >= 0.6 is 15.9 Å². The first-order valence-corrected chi connectivity index (χ1v) is 7.16. The second kappa shape index (κ2) is 4.99. The second-order valence-electron chi connectivity index (χ2n) is 3.34. The predicted molar refractivity (Wildman–Crippen MR) is 70.1 cm³/mol. The highest BCUT2D eigenvalue weighted by molar-refractivity contribution is 9.10. The van der Waals surface area contributed by atoms with Gasteiger partial charge in [0, 0.05) is 12.4 Å². The third-order valence-electron chi connectivity index (χ3n) is 2.16. The summed E-state index contributed by atoms with van der Waals surface area (Å²) >= 11 is 3.24. The maximum absolute atomic E-state index is 12.0. The number of H-pyrrole nitrogens is 1. The first kappa shape index (κ1) is 12.9. The van der Waals surface area contributed by atoms with Crippen molar-refractivity contribution in [1.29, 1.82) is 0 Å². The van der Waals surface area contributed by atoms with Crippen LogP contribution in [0.4, 0.5) is 5.95 Å². The molecule has 0 saturated heterocycles. The molecule has 1 heterocycles. The van der Waals surface area contributed by atoms with Gasteiger partial charge in [0.1, 0.15) is 5.75 Å². The van der Waals surface area contributed by atoms with Crippen LogP contribution in [0.3, 0.4) is 0 Å². The monoisotopic (exact) mass is 331 g/mol. The lowest BCUT2D eigenvalue weighted by atomic mass is 10.3. The molecule has 1 aromatic carbocycles. The Labute approximate surface area is 113 Å². The van der Waals surface area contributed by atoms with Gasteiger partial charge in [0.15, 0.2) is 0 Å². The van der Waals surface area contributed by atoms with Gasteiger partial charge in [-0.2, -0.15) is 0 Å². The van der Waals surface area contributed by atoms with E-state index in [-0.39, 0.29) is 10.8 Å². The number of hydrogen-bond donors (Lipinski definition) is 2. The van der Waals surface area contributed by atoms with Crippen molar-refractivity contribution in [2.24, 2.45) is 0 Å². The van der Waals surface area contributed by atoms with Crippen molar-refractivity contribution in [3.8, 4) is 5.75 Å². The van der Waals surface area contributed by atoms with Gasteiger partial charge in [0.05, 0.1) is 16.5 Å². The molecule has 0 unspecified atom stereocenters. The van der Waals surface area contributed by atoms with Crippen LogP contribution in [0.25, 0.3) is 0 Å². The lowest BCUT2D eigenvalue weighted by Gasteiger charge is -2.08. The van der Waals surface area contributed by atoms with E-state index in [1.807, 2.05) is 0 Å². The molecule has 0 aliphatic heterocycles. The Morgan fingerprint density at radius 2 is 2.22 bits per heavy atom. The van der Waals surface area contributed by atoms with Crippen LogP contribution in [-0.2, 0) is 10.0 Å². The second-order valence-corrected chi connectivity index (χ2v) is 5.88. The molecule has 0 aliphatic rings. The number of halogens is 1. The molecule has 8 heteroatoms. The fourth-order valence-corrected chi connectivity index (χ4v) is 3.02. The van der Waals surface area contributed by atoms with Crippen molar-refractivity contribution in [3.63, 3.8) is 0 Å². The Morgan fingerprint density at radius 3 is 2.78 bits per heavy atom. The lowest BCUT2D eigenvalue weighted by Crippen LogP contribution is -2.13. The molecule has 18 heavy (non-hydrogen) atoms. The minimum absolute atomic E-state index is 0.117. The fraction of sp³-hybridized carbons (Fsp3) is 0.100. The van der Waals surface area contributed by atoms with Gasteiger partial charge in [-0.05, 0) is 34.1 Å². The number of methoxy groups -OCH3 is 1. The first-order valence-electron chi connectivity index (χ1n) is 4.88. The molecule has 0 atom stereocenters. The predicted octanol–water partition coefficient (Wildman–Crippen LogP) is 1.98. The fourth-order valence-electron chi connectivity index (χ4n) is 1.32. The van der Waals surface area contributed by atoms with Crippen molar-refractivity contribution in [2.45, 2.75) is 4.90 Å². The molecular weight excluding hydrogens is 322 g/mol. The summed E-state index contributed by atoms with van der Waals surface area (Å²) in [6.07, 6.45) is 2.99. The Morgan fingerprint density at radius 1 is 1.44 bits per heavy atom. The molecule has 0 radical (unpaired) electrons. The highest BCUT2D eigenvalue weighted by Crippen LogP contribution is 2.27. The number of aromatic nitrogens is 2. The molecular formula is C10H10BrN3O3S. The van der Waals surface area contributed by atoms with Crippen molar-refractivity contribution < 1.29 is 13.2 Å². The van der Waals surface area contributed by atoms with Crippen molar-refractivity contribution in [2.75, 3.05) is 11.8 Å². The van der Waals surface area contributed by atoms with Crippen molar-refractivity contribution in [1.82, 2.24) is 9.97 Å². The van der Waals surface area contributed by atoms with Crippen LogP contribution in [0.15, 0.2) is 40.0 Å². The third kappa shape index (κ3) is 2.65. The van der Waals surface area contributed by atoms with Crippen LogP contribution < -0.4 is 9.46 Å². The minimum atomic E-state index is -3.66. The number of nitrogens with one attached hydrogen (secondary N) is 2. The van der Waals surface area contributed by atoms with Gasteiger partial charge >= 0.3 is 0 Å². The summed E-state index contributed by atoms with van der Waals surface area (Å²) < 4.78 is 32.0. The zero-order valence-corrected chi connectivity index (χ0v) is 11.7. The van der Waals surface area contributed by atoms with Crippen molar-refractivity contribution in [3.05, 3.63) is 35.1 Å². The van der Waals surface area contributed by atoms with E-state index in [1.54, 1.807) is 6.07 Å². The van der Waals surface area contributed by atoms with Gasteiger partial charge in [0.2, 0.25) is 5.95 Å². The third-order valence-corrected chi connectivity index (χ3v) is 4.12. The number of ether oxygens (including phenoxy) is 1. The van der Waals surface area contributed by atoms with E-state index in [1.165, 1.54) is 31.6 Å². The number of hydrogen-bond acceptors (Lipinski definition) is 4. The van der Waals surface area contributed by atoms with Crippen LogP contribution in [0, 0.1) is 0 Å². The van der Waals surface area contributed by atoms with Crippen molar-refractivity contribution >= 4 is 31.9 Å². The molecule has 0 spiro atoms. The highest BCUT2D eigenvalue weighted by Gasteiger charge is 2.16. The number of sulfonamides is 1. The maximum atomic E-state index is 12.0. The first-order chi connectivity index (χ1) is 8.53. The normalized spacial score (nSPS) is 11.2. The lowest BCUT2D eigenvalue weighted by molar-refractivity contribution is 0.411. The van der Waals surface area contributed by atoms with Gasteiger partial charge in [-0.3, -0.25) is 0 Å². The van der Waals surface area contributed by atoms with E-state index in [4.69, 9.17) is 4.74 Å². The quantitative estimate of drug-likeness (QED) is 0.897. The molecule has 2 rings (SSSR count). The molecule has 0 amide bonds. The average molecular weight is 332 g/mol. The van der Waals surface area contributed by atoms with E-state index in [0.717, 1.165) is 0 Å². The van der Waals surface area contributed by atoms with Crippen LogP contribution in [0.5, 0.6) is 5.75 Å². The van der Waals surface area contributed by atoms with Crippen LogP contribution in [0.2, 0.25) is 0 Å². The summed E-state index contributed by atoms with van der Waals surface area (Å²) in [4.78, 5) is 6.58. The van der Waals surface area contributed by atoms with Gasteiger partial charge in [-0.25, -0.2) is 18.1 Å². The number of imidazole rings is 1. The number of aromatic amines is 1. The molecule has 2 N–H and O–H groups in total. The van der Waals surface area contributed by atoms with E-state index >= 15 is 0 Å². The summed E-state index contributed by atoms with van der Waals surface area (Å²) in [5.74, 6) is 0.730. The Kier molecular flexibility index (Phi) is 3.58. The van der Waals surface area contributed by atoms with Crippen LogP contribution in [0.1, 0.15) is 0 Å². The summed E-state index contributed by atoms with van der Waals surface area (Å²) in [7, 11) is -2.15. The van der Waals surface area contributed by atoms with E-state index < -0.39 is 10.0 Å². The Balaban J connectivity index is 2.33. The molecule has 6 nitrogen and oxygen atoms in total. The average Bonchev–Trinajstić information content (AvgIpc) is 2.81. The summed E-state index contributed by atoms with van der Waals surface area (Å²) in [6, 6.07) is 4.49. The van der Waals surface area contributed by atoms with E-state index in [9.17, 15) is 8.42 Å². The topological polar surface area (TPSA) is 84.1 Å². The molecule has 0 saturated carbocycles. The number of nitrogens with zero attached hydrogens (tertiary/aromatic N) is 1. The van der Waals surface area contributed by atoms with Gasteiger partial charge in [-0.15, -0.1) is 0 Å². The maximum Gasteiger partial charge on any atom is 0.264 e. The summed E-state index contributed by atoms with van der Waals surface area (Å²) in [5, 5.41) is 0. The summed E-state index contributed by atoms with van der Waals surface area (Å²) in [5.41, 5.74) is 0. The Bertz CT molecular complexity index is 640. The number of benzene rings is 1. The van der Waals surface area contributed by atoms with E-state index in [0.29, 0.717) is 10.2 Å². The molecule has 1 aromatic heterocycles. The van der Waals surface area contributed by atoms with Gasteiger partial charge < -0.3 is 9.72 Å². The highest BCUT2D eigenvalue weighted by atomic mass is 79.9. The van der Waals surface area contributed by atoms with E-state index in [2.05, 4.69) is 30.6 Å². The van der Waals surface area contributed by atoms with Crippen LogP contribution in [-0.4, -0.2) is 25.5 Å². The molecule has 96 valence electrons. The molecule has 0 fully saturated rings. The molecule has 0 bridgehead atoms. The van der Waals surface area contributed by atoms with Gasteiger partial charge in [0.25, 0.3) is 10.0 Å². The Hall–Kier alpha value is -1.54. The standard InChI is InChI=1S/C10H10BrN3O3S/c1-17-9-3-2-7(6-8(9)11)18(15,16)14-10-12-4-5-13-10/h2-6H,1H3,(H2,12,13,14). The smallest absolute Gasteiger partial charge is 0.264 e.